The molecular weight excluding hydrogens is 330 g/mol. The summed E-state index contributed by atoms with van der Waals surface area (Å²) in [6, 6.07) is 11.2. The molecule has 0 aliphatic rings. The fourth-order valence-electron chi connectivity index (χ4n) is 1.93. The number of nitrogens with one attached hydrogen (secondary N) is 1. The smallest absolute Gasteiger partial charge is 0.350 e. The van der Waals surface area contributed by atoms with Gasteiger partial charge in [-0.15, -0.1) is 11.3 Å². The number of hydrogen-bond acceptors (Lipinski definition) is 6. The second kappa shape index (κ2) is 8.26. The van der Waals surface area contributed by atoms with Crippen LogP contribution in [0.5, 0.6) is 0 Å². The lowest BCUT2D eigenvalue weighted by molar-refractivity contribution is -0.144. The summed E-state index contributed by atoms with van der Waals surface area (Å²) in [5, 5.41) is 2.59. The van der Waals surface area contributed by atoms with Crippen LogP contribution in [-0.4, -0.2) is 31.1 Å². The van der Waals surface area contributed by atoms with E-state index in [4.69, 9.17) is 4.74 Å². The highest BCUT2D eigenvalue weighted by Gasteiger charge is 2.20. The molecule has 0 atom stereocenters. The van der Waals surface area contributed by atoms with Crippen molar-refractivity contribution >= 4 is 34.9 Å². The first-order chi connectivity index (χ1) is 11.5. The molecule has 126 valence electrons. The van der Waals surface area contributed by atoms with Crippen LogP contribution in [0.4, 0.5) is 5.69 Å². The molecule has 1 aromatic heterocycles. The van der Waals surface area contributed by atoms with E-state index in [1.54, 1.807) is 13.0 Å². The van der Waals surface area contributed by atoms with Crippen LogP contribution in [-0.2, 0) is 19.1 Å². The SMILES string of the molecule is CCOC(=O)c1sc(-c2ccccc2)cc1NC(=O)COC(C)=O. The molecule has 1 amide bonds. The molecule has 0 unspecified atom stereocenters. The van der Waals surface area contributed by atoms with Crippen LogP contribution in [0.3, 0.4) is 0 Å². The fraction of sp³-hybridized carbons (Fsp3) is 0.235. The van der Waals surface area contributed by atoms with Gasteiger partial charge in [0.15, 0.2) is 6.61 Å². The molecule has 0 saturated carbocycles. The fourth-order valence-corrected chi connectivity index (χ4v) is 2.94. The monoisotopic (exact) mass is 347 g/mol. The largest absolute Gasteiger partial charge is 0.462 e. The van der Waals surface area contributed by atoms with Crippen LogP contribution in [0.15, 0.2) is 36.4 Å². The molecule has 0 bridgehead atoms. The molecule has 6 nitrogen and oxygen atoms in total. The summed E-state index contributed by atoms with van der Waals surface area (Å²) in [4.78, 5) is 35.9. The summed E-state index contributed by atoms with van der Waals surface area (Å²) in [6.45, 7) is 2.75. The van der Waals surface area contributed by atoms with E-state index in [1.165, 1.54) is 18.3 Å². The van der Waals surface area contributed by atoms with Crippen molar-refractivity contribution in [1.82, 2.24) is 0 Å². The first-order valence-corrected chi connectivity index (χ1v) is 8.12. The molecule has 24 heavy (non-hydrogen) atoms. The number of rotatable bonds is 6. The molecule has 1 aromatic carbocycles. The van der Waals surface area contributed by atoms with E-state index >= 15 is 0 Å². The van der Waals surface area contributed by atoms with Gasteiger partial charge in [0.05, 0.1) is 12.3 Å². The highest BCUT2D eigenvalue weighted by atomic mass is 32.1. The van der Waals surface area contributed by atoms with Gasteiger partial charge in [0.1, 0.15) is 4.88 Å². The Bertz CT molecular complexity index is 739. The van der Waals surface area contributed by atoms with Gasteiger partial charge < -0.3 is 14.8 Å². The molecule has 1 heterocycles. The van der Waals surface area contributed by atoms with Gasteiger partial charge in [-0.25, -0.2) is 4.79 Å². The van der Waals surface area contributed by atoms with Crippen molar-refractivity contribution in [2.75, 3.05) is 18.5 Å². The topological polar surface area (TPSA) is 81.7 Å². The number of ether oxygens (including phenoxy) is 2. The number of esters is 2. The van der Waals surface area contributed by atoms with Gasteiger partial charge in [-0.05, 0) is 18.6 Å². The Morgan fingerprint density at radius 1 is 1.12 bits per heavy atom. The molecule has 2 aromatic rings. The zero-order chi connectivity index (χ0) is 17.5. The van der Waals surface area contributed by atoms with E-state index in [0.29, 0.717) is 10.6 Å². The summed E-state index contributed by atoms with van der Waals surface area (Å²) < 4.78 is 9.68. The van der Waals surface area contributed by atoms with Crippen molar-refractivity contribution in [3.63, 3.8) is 0 Å². The lowest BCUT2D eigenvalue weighted by Gasteiger charge is -2.06. The predicted molar refractivity (Wildman–Crippen MR) is 91.0 cm³/mol. The lowest BCUT2D eigenvalue weighted by atomic mass is 10.2. The Kier molecular flexibility index (Phi) is 6.08. The van der Waals surface area contributed by atoms with Crippen molar-refractivity contribution in [2.45, 2.75) is 13.8 Å². The number of hydrogen-bond donors (Lipinski definition) is 1. The zero-order valence-corrected chi connectivity index (χ0v) is 14.1. The third kappa shape index (κ3) is 4.66. The van der Waals surface area contributed by atoms with E-state index in [0.717, 1.165) is 10.4 Å². The predicted octanol–water partition coefficient (Wildman–Crippen LogP) is 3.09. The average molecular weight is 347 g/mol. The second-order valence-electron chi connectivity index (χ2n) is 4.77. The number of carbonyl (C=O) groups is 3. The van der Waals surface area contributed by atoms with Crippen LogP contribution in [0, 0.1) is 0 Å². The third-order valence-corrected chi connectivity index (χ3v) is 4.10. The number of amides is 1. The minimum atomic E-state index is -0.550. The van der Waals surface area contributed by atoms with Crippen LogP contribution >= 0.6 is 11.3 Å². The maximum atomic E-state index is 12.1. The number of thiophene rings is 1. The standard InChI is InChI=1S/C17H17NO5S/c1-3-22-17(21)16-13(18-15(20)10-23-11(2)19)9-14(24-16)12-7-5-4-6-8-12/h4-9H,3,10H2,1-2H3,(H,18,20). The van der Waals surface area contributed by atoms with Gasteiger partial charge in [0.2, 0.25) is 0 Å². The molecule has 0 spiro atoms. The van der Waals surface area contributed by atoms with Crippen molar-refractivity contribution in [3.05, 3.63) is 41.3 Å². The summed E-state index contributed by atoms with van der Waals surface area (Å²) >= 11 is 1.23. The van der Waals surface area contributed by atoms with Crippen molar-refractivity contribution < 1.29 is 23.9 Å². The first kappa shape index (κ1) is 17.7. The first-order valence-electron chi connectivity index (χ1n) is 7.30. The van der Waals surface area contributed by atoms with Crippen LogP contribution in [0.2, 0.25) is 0 Å². The van der Waals surface area contributed by atoms with E-state index in [2.05, 4.69) is 10.1 Å². The molecule has 1 N–H and O–H groups in total. The van der Waals surface area contributed by atoms with E-state index in [-0.39, 0.29) is 6.61 Å². The quantitative estimate of drug-likeness (QED) is 0.812. The maximum Gasteiger partial charge on any atom is 0.350 e. The Morgan fingerprint density at radius 2 is 1.83 bits per heavy atom. The van der Waals surface area contributed by atoms with Gasteiger partial charge in [-0.3, -0.25) is 9.59 Å². The highest BCUT2D eigenvalue weighted by Crippen LogP contribution is 2.35. The minimum absolute atomic E-state index is 0.234. The van der Waals surface area contributed by atoms with Crippen LogP contribution in [0.1, 0.15) is 23.5 Å². The molecule has 0 fully saturated rings. The Balaban J connectivity index is 2.27. The Morgan fingerprint density at radius 3 is 2.46 bits per heavy atom. The lowest BCUT2D eigenvalue weighted by Crippen LogP contribution is -2.20. The third-order valence-electron chi connectivity index (χ3n) is 2.93. The van der Waals surface area contributed by atoms with Crippen LogP contribution < -0.4 is 5.32 Å². The van der Waals surface area contributed by atoms with Crippen molar-refractivity contribution in [2.24, 2.45) is 0 Å². The Hall–Kier alpha value is -2.67. The number of carbonyl (C=O) groups excluding carboxylic acids is 3. The van der Waals surface area contributed by atoms with Crippen molar-refractivity contribution in [3.8, 4) is 10.4 Å². The highest BCUT2D eigenvalue weighted by molar-refractivity contribution is 7.18. The summed E-state index contributed by atoms with van der Waals surface area (Å²) in [6.07, 6.45) is 0. The van der Waals surface area contributed by atoms with Crippen molar-refractivity contribution in [1.29, 1.82) is 0 Å². The number of benzene rings is 1. The molecule has 0 radical (unpaired) electrons. The van der Waals surface area contributed by atoms with E-state index in [1.807, 2.05) is 30.3 Å². The molecule has 2 rings (SSSR count). The van der Waals surface area contributed by atoms with E-state index < -0.39 is 24.5 Å². The van der Waals surface area contributed by atoms with Gasteiger partial charge in [-0.1, -0.05) is 30.3 Å². The number of anilines is 1. The van der Waals surface area contributed by atoms with Gasteiger partial charge in [-0.2, -0.15) is 0 Å². The molecule has 0 aliphatic heterocycles. The summed E-state index contributed by atoms with van der Waals surface area (Å²) in [7, 11) is 0. The van der Waals surface area contributed by atoms with E-state index in [9.17, 15) is 14.4 Å². The van der Waals surface area contributed by atoms with Crippen LogP contribution in [0.25, 0.3) is 10.4 Å². The normalized spacial score (nSPS) is 10.1. The maximum absolute atomic E-state index is 12.1. The summed E-state index contributed by atoms with van der Waals surface area (Å²) in [5.41, 5.74) is 1.27. The van der Waals surface area contributed by atoms with Gasteiger partial charge in [0, 0.05) is 11.8 Å². The molecular formula is C17H17NO5S. The van der Waals surface area contributed by atoms with Gasteiger partial charge in [0.25, 0.3) is 5.91 Å². The molecule has 0 saturated heterocycles. The Labute approximate surface area is 143 Å². The second-order valence-corrected chi connectivity index (χ2v) is 5.82. The average Bonchev–Trinajstić information content (AvgIpc) is 2.98. The molecule has 7 heteroatoms. The minimum Gasteiger partial charge on any atom is -0.462 e. The summed E-state index contributed by atoms with van der Waals surface area (Å²) in [5.74, 6) is -1.58. The van der Waals surface area contributed by atoms with Gasteiger partial charge >= 0.3 is 11.9 Å². The zero-order valence-electron chi connectivity index (χ0n) is 13.3. The molecule has 0 aliphatic carbocycles.